The molecule has 4 nitrogen and oxygen atoms in total. The minimum Gasteiger partial charge on any atom is -0.392 e. The van der Waals surface area contributed by atoms with E-state index in [4.69, 9.17) is 10.4 Å². The second kappa shape index (κ2) is 7.04. The minimum atomic E-state index is -0.255. The lowest BCUT2D eigenvalue weighted by atomic mass is 10.1. The average molecular weight is 278 g/mol. The molecule has 0 bridgehead atoms. The zero-order valence-corrected chi connectivity index (χ0v) is 11.3. The number of rotatable bonds is 4. The van der Waals surface area contributed by atoms with Gasteiger partial charge >= 0.3 is 0 Å². The van der Waals surface area contributed by atoms with Gasteiger partial charge < -0.3 is 10.4 Å². The zero-order valence-electron chi connectivity index (χ0n) is 11.3. The first kappa shape index (κ1) is 14.5. The third-order valence-electron chi connectivity index (χ3n) is 2.85. The molecule has 0 atom stereocenters. The second-order valence-electron chi connectivity index (χ2n) is 4.41. The van der Waals surface area contributed by atoms with Crippen LogP contribution in [0.15, 0.2) is 54.6 Å². The summed E-state index contributed by atoms with van der Waals surface area (Å²) in [5, 5.41) is 20.5. The number of nitrogens with one attached hydrogen (secondary N) is 1. The summed E-state index contributed by atoms with van der Waals surface area (Å²) in [5.41, 5.74) is 2.79. The third kappa shape index (κ3) is 4.30. The van der Waals surface area contributed by atoms with Crippen LogP contribution in [0.3, 0.4) is 0 Å². The van der Waals surface area contributed by atoms with E-state index in [1.54, 1.807) is 48.5 Å². The quantitative estimate of drug-likeness (QED) is 0.844. The number of anilines is 1. The van der Waals surface area contributed by atoms with E-state index in [9.17, 15) is 4.79 Å². The Morgan fingerprint density at radius 1 is 1.24 bits per heavy atom. The highest BCUT2D eigenvalue weighted by Crippen LogP contribution is 2.10. The number of hydrogen-bond donors (Lipinski definition) is 2. The molecule has 2 N–H and O–H groups in total. The monoisotopic (exact) mass is 278 g/mol. The van der Waals surface area contributed by atoms with Crippen molar-refractivity contribution < 1.29 is 9.90 Å². The van der Waals surface area contributed by atoms with Gasteiger partial charge in [-0.05, 0) is 41.5 Å². The van der Waals surface area contributed by atoms with Crippen LogP contribution in [0, 0.1) is 11.3 Å². The van der Waals surface area contributed by atoms with Crippen molar-refractivity contribution in [3.8, 4) is 6.07 Å². The Labute approximate surface area is 123 Å². The van der Waals surface area contributed by atoms with E-state index in [1.165, 1.54) is 6.08 Å². The molecule has 0 aromatic heterocycles. The first-order valence-corrected chi connectivity index (χ1v) is 6.40. The van der Waals surface area contributed by atoms with Gasteiger partial charge in [-0.2, -0.15) is 5.26 Å². The largest absolute Gasteiger partial charge is 0.392 e. The summed E-state index contributed by atoms with van der Waals surface area (Å²) in [6.45, 7) is -0.0244. The molecule has 0 saturated heterocycles. The molecule has 0 radical (unpaired) electrons. The second-order valence-corrected chi connectivity index (χ2v) is 4.41. The van der Waals surface area contributed by atoms with Crippen LogP contribution in [0.2, 0.25) is 0 Å². The molecule has 0 heterocycles. The molecule has 21 heavy (non-hydrogen) atoms. The Morgan fingerprint density at radius 3 is 2.67 bits per heavy atom. The van der Waals surface area contributed by atoms with Gasteiger partial charge in [0.15, 0.2) is 0 Å². The van der Waals surface area contributed by atoms with Gasteiger partial charge in [0.05, 0.1) is 18.2 Å². The highest BCUT2D eigenvalue weighted by Gasteiger charge is 1.98. The normalized spacial score (nSPS) is 10.3. The summed E-state index contributed by atoms with van der Waals surface area (Å²) in [4.78, 5) is 11.8. The molecule has 2 aromatic rings. The molecular formula is C17H14N2O2. The summed E-state index contributed by atoms with van der Waals surface area (Å²) >= 11 is 0. The van der Waals surface area contributed by atoms with Crippen LogP contribution >= 0.6 is 0 Å². The van der Waals surface area contributed by atoms with Crippen LogP contribution in [-0.4, -0.2) is 11.0 Å². The summed E-state index contributed by atoms with van der Waals surface area (Å²) in [7, 11) is 0. The molecule has 1 amide bonds. The molecule has 2 aromatic carbocycles. The van der Waals surface area contributed by atoms with Crippen molar-refractivity contribution >= 4 is 17.7 Å². The van der Waals surface area contributed by atoms with Crippen LogP contribution in [0.1, 0.15) is 16.7 Å². The molecule has 0 spiro atoms. The Hall–Kier alpha value is -2.90. The van der Waals surface area contributed by atoms with Crippen molar-refractivity contribution in [2.24, 2.45) is 0 Å². The Bertz CT molecular complexity index is 697. The lowest BCUT2D eigenvalue weighted by molar-refractivity contribution is -0.111. The van der Waals surface area contributed by atoms with Crippen LogP contribution < -0.4 is 5.32 Å². The summed E-state index contributed by atoms with van der Waals surface area (Å²) in [6.07, 6.45) is 3.06. The predicted octanol–water partition coefficient (Wildman–Crippen LogP) is 2.70. The van der Waals surface area contributed by atoms with Gasteiger partial charge in [-0.15, -0.1) is 0 Å². The van der Waals surface area contributed by atoms with Gasteiger partial charge in [0, 0.05) is 11.8 Å². The molecule has 0 fully saturated rings. The number of nitriles is 1. The van der Waals surface area contributed by atoms with E-state index in [2.05, 4.69) is 11.4 Å². The van der Waals surface area contributed by atoms with Crippen LogP contribution in [-0.2, 0) is 11.4 Å². The Balaban J connectivity index is 2.00. The lowest BCUT2D eigenvalue weighted by Gasteiger charge is -2.03. The molecule has 0 saturated carbocycles. The van der Waals surface area contributed by atoms with E-state index >= 15 is 0 Å². The fourth-order valence-corrected chi connectivity index (χ4v) is 1.76. The Kier molecular flexibility index (Phi) is 4.86. The number of aliphatic hydroxyl groups excluding tert-OH is 1. The maximum Gasteiger partial charge on any atom is 0.248 e. The summed E-state index contributed by atoms with van der Waals surface area (Å²) in [6, 6.07) is 16.0. The fraction of sp³-hybridized carbons (Fsp3) is 0.0588. The van der Waals surface area contributed by atoms with Crippen molar-refractivity contribution in [1.29, 1.82) is 5.26 Å². The van der Waals surface area contributed by atoms with Crippen molar-refractivity contribution in [1.82, 2.24) is 0 Å². The lowest BCUT2D eigenvalue weighted by Crippen LogP contribution is -2.07. The van der Waals surface area contributed by atoms with Crippen molar-refractivity contribution in [3.05, 3.63) is 71.3 Å². The zero-order chi connectivity index (χ0) is 15.1. The highest BCUT2D eigenvalue weighted by atomic mass is 16.3. The maximum atomic E-state index is 11.8. The van der Waals surface area contributed by atoms with E-state index in [-0.39, 0.29) is 12.5 Å². The minimum absolute atomic E-state index is 0.0244. The van der Waals surface area contributed by atoms with E-state index in [0.717, 1.165) is 11.1 Å². The SMILES string of the molecule is N#Cc1cccc(C=CC(=O)Nc2ccc(CO)cc2)c1. The molecule has 104 valence electrons. The number of amides is 1. The number of hydrogen-bond acceptors (Lipinski definition) is 3. The van der Waals surface area contributed by atoms with Crippen LogP contribution in [0.25, 0.3) is 6.08 Å². The smallest absolute Gasteiger partial charge is 0.248 e. The van der Waals surface area contributed by atoms with Gasteiger partial charge in [-0.1, -0.05) is 24.3 Å². The standard InChI is InChI=1S/C17H14N2O2/c18-11-15-3-1-2-13(10-15)6-9-17(21)19-16-7-4-14(12-20)5-8-16/h1-10,20H,12H2,(H,19,21). The average Bonchev–Trinajstić information content (AvgIpc) is 2.54. The molecule has 0 aliphatic rings. The molecule has 4 heteroatoms. The Morgan fingerprint density at radius 2 is 2.00 bits per heavy atom. The molecule has 0 aliphatic carbocycles. The highest BCUT2D eigenvalue weighted by molar-refractivity contribution is 6.01. The maximum absolute atomic E-state index is 11.8. The van der Waals surface area contributed by atoms with Gasteiger partial charge in [0.2, 0.25) is 5.91 Å². The number of aliphatic hydroxyl groups is 1. The molecule has 2 rings (SSSR count). The van der Waals surface area contributed by atoms with Gasteiger partial charge in [0.1, 0.15) is 0 Å². The number of nitrogens with zero attached hydrogens (tertiary/aromatic N) is 1. The number of benzene rings is 2. The van der Waals surface area contributed by atoms with Gasteiger partial charge in [-0.25, -0.2) is 0 Å². The van der Waals surface area contributed by atoms with Gasteiger partial charge in [-0.3, -0.25) is 4.79 Å². The van der Waals surface area contributed by atoms with E-state index in [0.29, 0.717) is 11.3 Å². The van der Waals surface area contributed by atoms with E-state index in [1.807, 2.05) is 6.07 Å². The van der Waals surface area contributed by atoms with Gasteiger partial charge in [0.25, 0.3) is 0 Å². The third-order valence-corrected chi connectivity index (χ3v) is 2.85. The molecule has 0 unspecified atom stereocenters. The topological polar surface area (TPSA) is 73.1 Å². The van der Waals surface area contributed by atoms with E-state index < -0.39 is 0 Å². The van der Waals surface area contributed by atoms with Crippen LogP contribution in [0.4, 0.5) is 5.69 Å². The van der Waals surface area contributed by atoms with Crippen molar-refractivity contribution in [2.45, 2.75) is 6.61 Å². The predicted molar refractivity (Wildman–Crippen MR) is 81.2 cm³/mol. The fourth-order valence-electron chi connectivity index (χ4n) is 1.76. The first-order valence-electron chi connectivity index (χ1n) is 6.40. The number of carbonyl (C=O) groups excluding carboxylic acids is 1. The first-order chi connectivity index (χ1) is 10.2. The summed E-state index contributed by atoms with van der Waals surface area (Å²) < 4.78 is 0. The number of carbonyl (C=O) groups is 1. The molecule has 0 aliphatic heterocycles. The molecular weight excluding hydrogens is 264 g/mol. The summed E-state index contributed by atoms with van der Waals surface area (Å²) in [5.74, 6) is -0.255. The van der Waals surface area contributed by atoms with Crippen molar-refractivity contribution in [3.63, 3.8) is 0 Å². The van der Waals surface area contributed by atoms with Crippen molar-refractivity contribution in [2.75, 3.05) is 5.32 Å². The van der Waals surface area contributed by atoms with Crippen LogP contribution in [0.5, 0.6) is 0 Å².